The lowest BCUT2D eigenvalue weighted by Crippen LogP contribution is -2.42. The lowest BCUT2D eigenvalue weighted by Gasteiger charge is -2.40. The van der Waals surface area contributed by atoms with E-state index in [1.165, 1.54) is 0 Å². The third-order valence-electron chi connectivity index (χ3n) is 4.92. The minimum atomic E-state index is -0.463. The largest absolute Gasteiger partial charge is 0.463 e. The summed E-state index contributed by atoms with van der Waals surface area (Å²) in [4.78, 5) is 31.9. The lowest BCUT2D eigenvalue weighted by molar-refractivity contribution is -0.139. The van der Waals surface area contributed by atoms with E-state index in [4.69, 9.17) is 4.74 Å². The fourth-order valence-electron chi connectivity index (χ4n) is 3.35. The maximum Gasteiger partial charge on any atom is 0.338 e. The van der Waals surface area contributed by atoms with E-state index in [2.05, 4.69) is 15.2 Å². The normalized spacial score (nSPS) is 19.4. The molecule has 2 aliphatic heterocycles. The number of aliphatic imine (C=N–C) groups is 1. The van der Waals surface area contributed by atoms with Crippen LogP contribution in [-0.2, 0) is 14.3 Å². The van der Waals surface area contributed by atoms with E-state index in [0.29, 0.717) is 17.9 Å². The SMILES string of the molecule is CCOC(=O)C1=C(C)N=C2SCCCN2[C@@H]1c1ccc(NC(=O)C(C)(C)C)cc1. The van der Waals surface area contributed by atoms with Gasteiger partial charge in [-0.3, -0.25) is 4.79 Å². The molecule has 0 aromatic heterocycles. The van der Waals surface area contributed by atoms with Crippen molar-refractivity contribution in [2.24, 2.45) is 10.4 Å². The van der Waals surface area contributed by atoms with E-state index in [9.17, 15) is 9.59 Å². The molecule has 0 aliphatic carbocycles. The number of amidine groups is 1. The first kappa shape index (κ1) is 21.4. The number of amides is 1. The van der Waals surface area contributed by atoms with Crippen LogP contribution < -0.4 is 5.32 Å². The van der Waals surface area contributed by atoms with Gasteiger partial charge in [-0.1, -0.05) is 44.7 Å². The molecule has 29 heavy (non-hydrogen) atoms. The summed E-state index contributed by atoms with van der Waals surface area (Å²) < 4.78 is 5.34. The van der Waals surface area contributed by atoms with Crippen molar-refractivity contribution in [3.8, 4) is 0 Å². The van der Waals surface area contributed by atoms with Crippen molar-refractivity contribution in [2.75, 3.05) is 24.2 Å². The third kappa shape index (κ3) is 4.66. The Balaban J connectivity index is 1.94. The summed E-state index contributed by atoms with van der Waals surface area (Å²) >= 11 is 1.72. The number of thioether (sulfide) groups is 1. The van der Waals surface area contributed by atoms with Gasteiger partial charge in [-0.05, 0) is 38.0 Å². The molecule has 7 heteroatoms. The highest BCUT2D eigenvalue weighted by Crippen LogP contribution is 2.40. The van der Waals surface area contributed by atoms with Gasteiger partial charge in [0.15, 0.2) is 5.17 Å². The van der Waals surface area contributed by atoms with Crippen molar-refractivity contribution in [2.45, 2.75) is 47.1 Å². The van der Waals surface area contributed by atoms with Crippen molar-refractivity contribution < 1.29 is 14.3 Å². The number of carbonyl (C=O) groups is 2. The number of nitrogens with zero attached hydrogens (tertiary/aromatic N) is 2. The molecule has 0 radical (unpaired) electrons. The summed E-state index contributed by atoms with van der Waals surface area (Å²) in [6.45, 7) is 10.5. The second-order valence-electron chi connectivity index (χ2n) is 8.24. The van der Waals surface area contributed by atoms with E-state index in [1.54, 1.807) is 11.8 Å². The number of nitrogens with one attached hydrogen (secondary N) is 1. The summed E-state index contributed by atoms with van der Waals surface area (Å²) in [5, 5.41) is 3.90. The Morgan fingerprint density at radius 2 is 1.97 bits per heavy atom. The number of carbonyl (C=O) groups excluding carboxylic acids is 2. The number of allylic oxidation sites excluding steroid dienone is 1. The quantitative estimate of drug-likeness (QED) is 0.740. The second-order valence-corrected chi connectivity index (χ2v) is 9.30. The van der Waals surface area contributed by atoms with Crippen LogP contribution in [0.15, 0.2) is 40.5 Å². The monoisotopic (exact) mass is 415 g/mol. The molecule has 0 spiro atoms. The van der Waals surface area contributed by atoms with Crippen LogP contribution in [0.4, 0.5) is 5.69 Å². The van der Waals surface area contributed by atoms with E-state index in [-0.39, 0.29) is 17.9 Å². The van der Waals surface area contributed by atoms with Gasteiger partial charge >= 0.3 is 5.97 Å². The lowest BCUT2D eigenvalue weighted by atomic mass is 9.93. The minimum Gasteiger partial charge on any atom is -0.463 e. The molecular weight excluding hydrogens is 386 g/mol. The minimum absolute atomic E-state index is 0.0345. The highest BCUT2D eigenvalue weighted by molar-refractivity contribution is 8.13. The highest BCUT2D eigenvalue weighted by atomic mass is 32.2. The van der Waals surface area contributed by atoms with Gasteiger partial charge < -0.3 is 15.0 Å². The second kappa shape index (κ2) is 8.61. The predicted octanol–water partition coefficient (Wildman–Crippen LogP) is 4.36. The molecule has 1 aromatic rings. The van der Waals surface area contributed by atoms with Crippen LogP contribution in [0.3, 0.4) is 0 Å². The zero-order valence-corrected chi connectivity index (χ0v) is 18.6. The molecular formula is C22H29N3O3S. The van der Waals surface area contributed by atoms with Crippen LogP contribution in [0.25, 0.3) is 0 Å². The number of hydrogen-bond acceptors (Lipinski definition) is 6. The van der Waals surface area contributed by atoms with Crippen LogP contribution in [0.1, 0.15) is 52.6 Å². The number of ether oxygens (including phenoxy) is 1. The number of rotatable bonds is 4. The van der Waals surface area contributed by atoms with Crippen molar-refractivity contribution >= 4 is 34.5 Å². The zero-order valence-electron chi connectivity index (χ0n) is 17.7. The molecule has 0 bridgehead atoms. The average molecular weight is 416 g/mol. The van der Waals surface area contributed by atoms with Gasteiger partial charge in [0, 0.05) is 23.4 Å². The fraction of sp³-hybridized carbons (Fsp3) is 0.500. The number of benzene rings is 1. The summed E-state index contributed by atoms with van der Waals surface area (Å²) in [6.07, 6.45) is 1.04. The molecule has 1 saturated heterocycles. The Bertz CT molecular complexity index is 853. The van der Waals surface area contributed by atoms with E-state index < -0.39 is 5.41 Å². The predicted molar refractivity (Wildman–Crippen MR) is 118 cm³/mol. The number of esters is 1. The van der Waals surface area contributed by atoms with E-state index >= 15 is 0 Å². The standard InChI is InChI=1S/C22H29N3O3S/c1-6-28-19(26)17-14(2)23-21-25(12-7-13-29-21)18(17)15-8-10-16(11-9-15)24-20(27)22(3,4)5/h8-11,18H,6-7,12-13H2,1-5H3,(H,24,27)/t18-/m1/s1. The van der Waals surface area contributed by atoms with Crippen LogP contribution in [0, 0.1) is 5.41 Å². The summed E-state index contributed by atoms with van der Waals surface area (Å²) in [7, 11) is 0. The van der Waals surface area contributed by atoms with Crippen LogP contribution in [-0.4, -0.2) is 40.8 Å². The Morgan fingerprint density at radius 1 is 1.28 bits per heavy atom. The van der Waals surface area contributed by atoms with Crippen LogP contribution in [0.5, 0.6) is 0 Å². The highest BCUT2D eigenvalue weighted by Gasteiger charge is 2.37. The summed E-state index contributed by atoms with van der Waals surface area (Å²) in [6, 6.07) is 7.48. The van der Waals surface area contributed by atoms with Gasteiger partial charge in [0.25, 0.3) is 0 Å². The maximum absolute atomic E-state index is 12.7. The molecule has 2 heterocycles. The van der Waals surface area contributed by atoms with Crippen molar-refractivity contribution in [3.63, 3.8) is 0 Å². The Morgan fingerprint density at radius 3 is 2.59 bits per heavy atom. The first-order valence-corrected chi connectivity index (χ1v) is 11.0. The Kier molecular flexibility index (Phi) is 6.36. The molecule has 0 unspecified atom stereocenters. The van der Waals surface area contributed by atoms with E-state index in [1.807, 2.05) is 58.9 Å². The smallest absolute Gasteiger partial charge is 0.338 e. The van der Waals surface area contributed by atoms with Crippen molar-refractivity contribution in [1.29, 1.82) is 0 Å². The number of hydrogen-bond donors (Lipinski definition) is 1. The first-order valence-electron chi connectivity index (χ1n) is 9.99. The molecule has 1 amide bonds. The van der Waals surface area contributed by atoms with Crippen LogP contribution >= 0.6 is 11.8 Å². The zero-order chi connectivity index (χ0) is 21.2. The van der Waals surface area contributed by atoms with Gasteiger partial charge in [0.05, 0.1) is 23.9 Å². The topological polar surface area (TPSA) is 71.0 Å². The molecule has 1 fully saturated rings. The van der Waals surface area contributed by atoms with E-state index in [0.717, 1.165) is 35.1 Å². The molecule has 156 valence electrons. The van der Waals surface area contributed by atoms with Crippen molar-refractivity contribution in [1.82, 2.24) is 4.90 Å². The summed E-state index contributed by atoms with van der Waals surface area (Å²) in [5.41, 5.74) is 2.56. The molecule has 2 aliphatic rings. The Labute approximate surface area is 176 Å². The summed E-state index contributed by atoms with van der Waals surface area (Å²) in [5.74, 6) is 0.674. The van der Waals surface area contributed by atoms with Crippen LogP contribution in [0.2, 0.25) is 0 Å². The van der Waals surface area contributed by atoms with Gasteiger partial charge in [-0.25, -0.2) is 9.79 Å². The van der Waals surface area contributed by atoms with Gasteiger partial charge in [-0.15, -0.1) is 0 Å². The molecule has 3 rings (SSSR count). The molecule has 1 N–H and O–H groups in total. The van der Waals surface area contributed by atoms with Gasteiger partial charge in [-0.2, -0.15) is 0 Å². The maximum atomic E-state index is 12.7. The number of fused-ring (bicyclic) bond motifs is 1. The third-order valence-corrected chi connectivity index (χ3v) is 6.00. The fourth-order valence-corrected chi connectivity index (χ4v) is 4.37. The molecule has 6 nitrogen and oxygen atoms in total. The molecule has 1 atom stereocenters. The van der Waals surface area contributed by atoms with Gasteiger partial charge in [0.2, 0.25) is 5.91 Å². The van der Waals surface area contributed by atoms with Crippen molar-refractivity contribution in [3.05, 3.63) is 41.1 Å². The number of anilines is 1. The first-order chi connectivity index (χ1) is 13.7. The molecule has 1 aromatic carbocycles. The molecule has 0 saturated carbocycles. The average Bonchev–Trinajstić information content (AvgIpc) is 2.67. The Hall–Kier alpha value is -2.28. The van der Waals surface area contributed by atoms with Gasteiger partial charge in [0.1, 0.15) is 0 Å².